The number of nitrogens with one attached hydrogen (secondary N) is 1. The average molecular weight is 296 g/mol. The Bertz CT molecular complexity index is 825. The maximum absolute atomic E-state index is 12.0. The fourth-order valence-electron chi connectivity index (χ4n) is 1.95. The van der Waals surface area contributed by atoms with Crippen LogP contribution in [0.5, 0.6) is 5.75 Å². The summed E-state index contributed by atoms with van der Waals surface area (Å²) < 4.78 is 6.29. The van der Waals surface area contributed by atoms with E-state index in [1.807, 2.05) is 18.2 Å². The zero-order valence-corrected chi connectivity index (χ0v) is 11.8. The van der Waals surface area contributed by atoms with Gasteiger partial charge in [0.2, 0.25) is 0 Å². The van der Waals surface area contributed by atoms with Gasteiger partial charge in [0.1, 0.15) is 11.6 Å². The number of esters is 1. The van der Waals surface area contributed by atoms with Gasteiger partial charge in [0.25, 0.3) is 0 Å². The van der Waals surface area contributed by atoms with Crippen LogP contribution in [0.15, 0.2) is 54.6 Å². The highest BCUT2D eigenvalue weighted by molar-refractivity contribution is 7.20. The summed E-state index contributed by atoms with van der Waals surface area (Å²) in [5.41, 5.74) is 5.99. The minimum atomic E-state index is -0.390. The number of rotatable bonds is 3. The highest BCUT2D eigenvalue weighted by Crippen LogP contribution is 2.29. The van der Waals surface area contributed by atoms with Gasteiger partial charge in [-0.25, -0.2) is 4.79 Å². The lowest BCUT2D eigenvalue weighted by atomic mass is 10.2. The number of fused-ring (bicyclic) bond motifs is 1. The van der Waals surface area contributed by atoms with Gasteiger partial charge in [-0.05, 0) is 41.8 Å². The van der Waals surface area contributed by atoms with Crippen LogP contribution in [0, 0.1) is 5.41 Å². The van der Waals surface area contributed by atoms with Gasteiger partial charge in [-0.2, -0.15) is 0 Å². The molecule has 5 heteroatoms. The SMILES string of the molecule is N=C(N)c1cc2ccc(OC(=O)c3ccccc3)cc2s1. The number of carbonyl (C=O) groups excluding carboxylic acids is 1. The lowest BCUT2D eigenvalue weighted by Gasteiger charge is -2.04. The number of ether oxygens (including phenoxy) is 1. The van der Waals surface area contributed by atoms with Crippen LogP contribution in [0.2, 0.25) is 0 Å². The molecule has 0 unspecified atom stereocenters. The first-order valence-corrected chi connectivity index (χ1v) is 7.10. The third kappa shape index (κ3) is 2.78. The van der Waals surface area contributed by atoms with Crippen LogP contribution in [-0.4, -0.2) is 11.8 Å². The van der Waals surface area contributed by atoms with E-state index < -0.39 is 5.97 Å². The van der Waals surface area contributed by atoms with Crippen LogP contribution in [0.4, 0.5) is 0 Å². The smallest absolute Gasteiger partial charge is 0.343 e. The Balaban J connectivity index is 1.87. The molecule has 0 spiro atoms. The molecule has 3 N–H and O–H groups in total. The summed E-state index contributed by atoms with van der Waals surface area (Å²) in [5.74, 6) is 0.130. The van der Waals surface area contributed by atoms with Gasteiger partial charge in [0.05, 0.1) is 10.4 Å². The minimum absolute atomic E-state index is 0.0408. The van der Waals surface area contributed by atoms with Crippen molar-refractivity contribution in [2.75, 3.05) is 0 Å². The van der Waals surface area contributed by atoms with Gasteiger partial charge in [-0.3, -0.25) is 5.41 Å². The van der Waals surface area contributed by atoms with Gasteiger partial charge < -0.3 is 10.5 Å². The van der Waals surface area contributed by atoms with E-state index in [-0.39, 0.29) is 5.84 Å². The van der Waals surface area contributed by atoms with Crippen molar-refractivity contribution in [2.45, 2.75) is 0 Å². The molecule has 0 bridgehead atoms. The number of hydrogen-bond acceptors (Lipinski definition) is 4. The minimum Gasteiger partial charge on any atom is -0.423 e. The van der Waals surface area contributed by atoms with E-state index in [4.69, 9.17) is 15.9 Å². The normalized spacial score (nSPS) is 10.5. The van der Waals surface area contributed by atoms with Crippen molar-refractivity contribution in [3.8, 4) is 5.75 Å². The number of nitrogens with two attached hydrogens (primary N) is 1. The molecule has 4 nitrogen and oxygen atoms in total. The molecule has 21 heavy (non-hydrogen) atoms. The zero-order chi connectivity index (χ0) is 14.8. The summed E-state index contributed by atoms with van der Waals surface area (Å²) in [6.45, 7) is 0. The third-order valence-electron chi connectivity index (χ3n) is 2.98. The molecule has 1 aromatic heterocycles. The molecule has 3 rings (SSSR count). The van der Waals surface area contributed by atoms with E-state index in [2.05, 4.69) is 0 Å². The Kier molecular flexibility index (Phi) is 3.41. The van der Waals surface area contributed by atoms with Crippen molar-refractivity contribution >= 4 is 33.2 Å². The number of amidine groups is 1. The number of hydrogen-bond donors (Lipinski definition) is 2. The number of nitrogen functional groups attached to an aromatic ring is 1. The largest absolute Gasteiger partial charge is 0.423 e. The van der Waals surface area contributed by atoms with Crippen LogP contribution < -0.4 is 10.5 Å². The summed E-state index contributed by atoms with van der Waals surface area (Å²) in [7, 11) is 0. The molecule has 0 atom stereocenters. The first-order valence-electron chi connectivity index (χ1n) is 6.29. The van der Waals surface area contributed by atoms with Crippen LogP contribution in [0.1, 0.15) is 15.2 Å². The summed E-state index contributed by atoms with van der Waals surface area (Å²) in [6.07, 6.45) is 0. The molecule has 0 saturated carbocycles. The first kappa shape index (κ1) is 13.3. The summed E-state index contributed by atoms with van der Waals surface area (Å²) in [4.78, 5) is 12.7. The number of benzene rings is 2. The Labute approximate surface area is 125 Å². The Morgan fingerprint density at radius 2 is 1.86 bits per heavy atom. The molecule has 0 aliphatic carbocycles. The van der Waals surface area contributed by atoms with Crippen molar-refractivity contribution in [1.29, 1.82) is 5.41 Å². The summed E-state index contributed by atoms with van der Waals surface area (Å²) in [6, 6.07) is 16.1. The highest BCUT2D eigenvalue weighted by atomic mass is 32.1. The van der Waals surface area contributed by atoms with Crippen LogP contribution in [0.3, 0.4) is 0 Å². The van der Waals surface area contributed by atoms with Gasteiger partial charge in [0, 0.05) is 4.70 Å². The molecule has 1 heterocycles. The quantitative estimate of drug-likeness (QED) is 0.336. The van der Waals surface area contributed by atoms with Crippen LogP contribution in [-0.2, 0) is 0 Å². The van der Waals surface area contributed by atoms with Crippen molar-refractivity contribution in [1.82, 2.24) is 0 Å². The second-order valence-corrected chi connectivity index (χ2v) is 5.56. The number of thiophene rings is 1. The molecule has 104 valence electrons. The molecule has 2 aromatic carbocycles. The second-order valence-electron chi connectivity index (χ2n) is 4.48. The zero-order valence-electron chi connectivity index (χ0n) is 11.0. The Hall–Kier alpha value is -2.66. The van der Waals surface area contributed by atoms with Crippen molar-refractivity contribution in [2.24, 2.45) is 5.73 Å². The molecule has 0 saturated heterocycles. The molecular weight excluding hydrogens is 284 g/mol. The fourth-order valence-corrected chi connectivity index (χ4v) is 2.90. The highest BCUT2D eigenvalue weighted by Gasteiger charge is 2.10. The second kappa shape index (κ2) is 5.38. The first-order chi connectivity index (χ1) is 10.1. The van der Waals surface area contributed by atoms with E-state index in [1.165, 1.54) is 11.3 Å². The fraction of sp³-hybridized carbons (Fsp3) is 0. The molecule has 0 fully saturated rings. The monoisotopic (exact) mass is 296 g/mol. The molecule has 0 amide bonds. The van der Waals surface area contributed by atoms with E-state index in [1.54, 1.807) is 36.4 Å². The Morgan fingerprint density at radius 1 is 1.10 bits per heavy atom. The Morgan fingerprint density at radius 3 is 2.57 bits per heavy atom. The van der Waals surface area contributed by atoms with Gasteiger partial charge in [-0.1, -0.05) is 18.2 Å². The van der Waals surface area contributed by atoms with Crippen LogP contribution >= 0.6 is 11.3 Å². The topological polar surface area (TPSA) is 76.2 Å². The molecule has 0 radical (unpaired) electrons. The number of carbonyl (C=O) groups is 1. The molecule has 3 aromatic rings. The lowest BCUT2D eigenvalue weighted by molar-refractivity contribution is 0.0735. The van der Waals surface area contributed by atoms with Crippen molar-refractivity contribution in [3.63, 3.8) is 0 Å². The van der Waals surface area contributed by atoms with Gasteiger partial charge >= 0.3 is 5.97 Å². The molecule has 0 aliphatic heterocycles. The predicted octanol–water partition coefficient (Wildman–Crippen LogP) is 3.40. The van der Waals surface area contributed by atoms with Crippen molar-refractivity contribution in [3.05, 3.63) is 65.0 Å². The van der Waals surface area contributed by atoms with Crippen molar-refractivity contribution < 1.29 is 9.53 Å². The van der Waals surface area contributed by atoms with Gasteiger partial charge in [-0.15, -0.1) is 11.3 Å². The average Bonchev–Trinajstić information content (AvgIpc) is 2.91. The standard InChI is InChI=1S/C16H12N2O2S/c17-15(18)14-8-11-6-7-12(9-13(11)21-14)20-16(19)10-4-2-1-3-5-10/h1-9H,(H3,17,18). The van der Waals surface area contributed by atoms with Gasteiger partial charge in [0.15, 0.2) is 0 Å². The van der Waals surface area contributed by atoms with E-state index in [0.717, 1.165) is 10.1 Å². The van der Waals surface area contributed by atoms with E-state index in [9.17, 15) is 4.79 Å². The molecular formula is C16H12N2O2S. The van der Waals surface area contributed by atoms with Crippen LogP contribution in [0.25, 0.3) is 10.1 Å². The summed E-state index contributed by atoms with van der Waals surface area (Å²) >= 11 is 1.40. The summed E-state index contributed by atoms with van der Waals surface area (Å²) in [5, 5.41) is 8.43. The maximum atomic E-state index is 12.0. The molecule has 0 aliphatic rings. The maximum Gasteiger partial charge on any atom is 0.343 e. The van der Waals surface area contributed by atoms with E-state index >= 15 is 0 Å². The third-order valence-corrected chi connectivity index (χ3v) is 4.11. The lowest BCUT2D eigenvalue weighted by Crippen LogP contribution is -2.08. The van der Waals surface area contributed by atoms with E-state index in [0.29, 0.717) is 16.2 Å². The predicted molar refractivity (Wildman–Crippen MR) is 84.2 cm³/mol.